The average molecular weight is 274 g/mol. The lowest BCUT2D eigenvalue weighted by Gasteiger charge is -2.10. The highest BCUT2D eigenvalue weighted by Gasteiger charge is 2.11. The summed E-state index contributed by atoms with van der Waals surface area (Å²) in [4.78, 5) is 0. The van der Waals surface area contributed by atoms with Crippen molar-refractivity contribution in [2.24, 2.45) is 5.16 Å². The van der Waals surface area contributed by atoms with Gasteiger partial charge in [-0.1, -0.05) is 5.16 Å². The Bertz CT molecular complexity index is 390. The molecular weight excluding hydrogens is 262 g/mol. The number of methoxy groups -OCH3 is 2. The Morgan fingerprint density at radius 3 is 2.27 bits per heavy atom. The van der Waals surface area contributed by atoms with Crippen molar-refractivity contribution in [2.75, 3.05) is 14.2 Å². The van der Waals surface area contributed by atoms with Crippen LogP contribution in [-0.4, -0.2) is 25.1 Å². The molecule has 0 bridgehead atoms. The Hall–Kier alpha value is -1.23. The Morgan fingerprint density at radius 2 is 1.80 bits per heavy atom. The summed E-state index contributed by atoms with van der Waals surface area (Å²) in [6.45, 7) is 1.70. The molecule has 0 fully saturated rings. The first kappa shape index (κ1) is 11.8. The molecule has 0 heterocycles. The van der Waals surface area contributed by atoms with E-state index in [1.807, 2.05) is 0 Å². The van der Waals surface area contributed by atoms with Crippen LogP contribution >= 0.6 is 15.9 Å². The molecule has 0 aliphatic carbocycles. The van der Waals surface area contributed by atoms with Gasteiger partial charge in [0.2, 0.25) is 0 Å². The number of halogens is 1. The number of ether oxygens (including phenoxy) is 2. The van der Waals surface area contributed by atoms with Crippen LogP contribution in [0.3, 0.4) is 0 Å². The van der Waals surface area contributed by atoms with Crippen molar-refractivity contribution in [3.63, 3.8) is 0 Å². The van der Waals surface area contributed by atoms with Crippen molar-refractivity contribution in [1.29, 1.82) is 0 Å². The second-order valence-electron chi connectivity index (χ2n) is 2.87. The fraction of sp³-hybridized carbons (Fsp3) is 0.300. The highest BCUT2D eigenvalue weighted by atomic mass is 79.9. The fourth-order valence-electron chi connectivity index (χ4n) is 1.19. The molecule has 15 heavy (non-hydrogen) atoms. The number of rotatable bonds is 3. The molecule has 1 aromatic carbocycles. The van der Waals surface area contributed by atoms with Crippen molar-refractivity contribution in [3.05, 3.63) is 22.2 Å². The molecule has 0 atom stereocenters. The molecule has 0 saturated carbocycles. The highest BCUT2D eigenvalue weighted by Crippen LogP contribution is 2.33. The van der Waals surface area contributed by atoms with Crippen LogP contribution in [0, 0.1) is 0 Å². The van der Waals surface area contributed by atoms with Crippen LogP contribution in [0.25, 0.3) is 0 Å². The molecule has 0 aliphatic rings. The van der Waals surface area contributed by atoms with Crippen LogP contribution < -0.4 is 9.47 Å². The van der Waals surface area contributed by atoms with Gasteiger partial charge in [-0.3, -0.25) is 0 Å². The van der Waals surface area contributed by atoms with E-state index in [1.165, 1.54) is 0 Å². The Balaban J connectivity index is 3.32. The molecule has 0 aliphatic heterocycles. The monoisotopic (exact) mass is 273 g/mol. The maximum atomic E-state index is 8.70. The van der Waals surface area contributed by atoms with E-state index in [9.17, 15) is 0 Å². The first-order valence-corrected chi connectivity index (χ1v) is 5.04. The zero-order valence-corrected chi connectivity index (χ0v) is 10.3. The Kier molecular flexibility index (Phi) is 3.96. The molecule has 0 spiro atoms. The van der Waals surface area contributed by atoms with E-state index >= 15 is 0 Å². The number of benzene rings is 1. The molecule has 1 rings (SSSR count). The number of nitrogens with zero attached hydrogens (tertiary/aromatic N) is 1. The molecule has 0 radical (unpaired) electrons. The van der Waals surface area contributed by atoms with E-state index in [4.69, 9.17) is 14.7 Å². The minimum Gasteiger partial charge on any atom is -0.493 e. The summed E-state index contributed by atoms with van der Waals surface area (Å²) in [5.74, 6) is 1.22. The first-order chi connectivity index (χ1) is 7.13. The third kappa shape index (κ3) is 2.41. The third-order valence-corrected chi connectivity index (χ3v) is 2.67. The topological polar surface area (TPSA) is 51.0 Å². The van der Waals surface area contributed by atoms with Crippen LogP contribution in [0.4, 0.5) is 0 Å². The van der Waals surface area contributed by atoms with Crippen LogP contribution in [0.1, 0.15) is 12.5 Å². The van der Waals surface area contributed by atoms with Crippen molar-refractivity contribution >= 4 is 21.6 Å². The number of hydrogen-bond acceptors (Lipinski definition) is 4. The quantitative estimate of drug-likeness (QED) is 0.523. The summed E-state index contributed by atoms with van der Waals surface area (Å²) in [5, 5.41) is 11.8. The molecule has 0 unspecified atom stereocenters. The Morgan fingerprint density at radius 1 is 1.27 bits per heavy atom. The van der Waals surface area contributed by atoms with Gasteiger partial charge in [-0.05, 0) is 35.0 Å². The molecule has 0 amide bonds. The van der Waals surface area contributed by atoms with Gasteiger partial charge in [0, 0.05) is 10.0 Å². The van der Waals surface area contributed by atoms with E-state index < -0.39 is 0 Å². The van der Waals surface area contributed by atoms with Crippen molar-refractivity contribution < 1.29 is 14.7 Å². The van der Waals surface area contributed by atoms with Gasteiger partial charge in [-0.15, -0.1) is 0 Å². The summed E-state index contributed by atoms with van der Waals surface area (Å²) in [5.41, 5.74) is 1.26. The van der Waals surface area contributed by atoms with Crippen LogP contribution in [0.2, 0.25) is 0 Å². The normalized spacial score (nSPS) is 11.3. The minimum absolute atomic E-state index is 0.503. The summed E-state index contributed by atoms with van der Waals surface area (Å²) >= 11 is 3.37. The minimum atomic E-state index is 0.503. The van der Waals surface area contributed by atoms with Gasteiger partial charge in [0.05, 0.1) is 19.9 Å². The van der Waals surface area contributed by atoms with Crippen LogP contribution in [0.5, 0.6) is 11.5 Å². The highest BCUT2D eigenvalue weighted by molar-refractivity contribution is 9.10. The van der Waals surface area contributed by atoms with Crippen molar-refractivity contribution in [3.8, 4) is 11.5 Å². The molecular formula is C10H12BrNO3. The SMILES string of the molecule is COc1cc(Br)c(/C(C)=N\O)cc1OC. The number of hydrogen-bond donors (Lipinski definition) is 1. The van der Waals surface area contributed by atoms with Gasteiger partial charge in [0.15, 0.2) is 11.5 Å². The van der Waals surface area contributed by atoms with Gasteiger partial charge >= 0.3 is 0 Å². The van der Waals surface area contributed by atoms with Gasteiger partial charge in [0.1, 0.15) is 0 Å². The smallest absolute Gasteiger partial charge is 0.161 e. The van der Waals surface area contributed by atoms with Crippen LogP contribution in [-0.2, 0) is 0 Å². The van der Waals surface area contributed by atoms with Crippen LogP contribution in [0.15, 0.2) is 21.8 Å². The second-order valence-corrected chi connectivity index (χ2v) is 3.73. The fourth-order valence-corrected chi connectivity index (χ4v) is 1.79. The summed E-state index contributed by atoms with van der Waals surface area (Å²) in [7, 11) is 3.12. The summed E-state index contributed by atoms with van der Waals surface area (Å²) < 4.78 is 11.1. The maximum absolute atomic E-state index is 8.70. The van der Waals surface area contributed by atoms with E-state index in [2.05, 4.69) is 21.1 Å². The third-order valence-electron chi connectivity index (χ3n) is 2.01. The van der Waals surface area contributed by atoms with Crippen molar-refractivity contribution in [2.45, 2.75) is 6.92 Å². The molecule has 1 aromatic rings. The lowest BCUT2D eigenvalue weighted by atomic mass is 10.1. The van der Waals surface area contributed by atoms with Gasteiger partial charge in [-0.2, -0.15) is 0 Å². The van der Waals surface area contributed by atoms with E-state index in [1.54, 1.807) is 33.3 Å². The maximum Gasteiger partial charge on any atom is 0.161 e. The summed E-state index contributed by atoms with van der Waals surface area (Å²) in [6, 6.07) is 3.51. The molecule has 1 N–H and O–H groups in total. The van der Waals surface area contributed by atoms with Gasteiger partial charge in [0.25, 0.3) is 0 Å². The van der Waals surface area contributed by atoms with Gasteiger partial charge in [-0.25, -0.2) is 0 Å². The van der Waals surface area contributed by atoms with E-state index in [0.29, 0.717) is 17.2 Å². The lowest BCUT2D eigenvalue weighted by molar-refractivity contribution is 0.319. The van der Waals surface area contributed by atoms with Crippen molar-refractivity contribution in [1.82, 2.24) is 0 Å². The molecule has 4 nitrogen and oxygen atoms in total. The molecule has 0 aromatic heterocycles. The summed E-state index contributed by atoms with van der Waals surface area (Å²) in [6.07, 6.45) is 0. The molecule has 0 saturated heterocycles. The zero-order valence-electron chi connectivity index (χ0n) is 8.74. The average Bonchev–Trinajstić information content (AvgIpc) is 2.27. The zero-order chi connectivity index (χ0) is 11.4. The lowest BCUT2D eigenvalue weighted by Crippen LogP contribution is -1.99. The predicted molar refractivity (Wildman–Crippen MR) is 61.2 cm³/mol. The second kappa shape index (κ2) is 5.02. The Labute approximate surface area is 96.6 Å². The predicted octanol–water partition coefficient (Wildman–Crippen LogP) is 2.66. The van der Waals surface area contributed by atoms with Gasteiger partial charge < -0.3 is 14.7 Å². The number of oxime groups is 1. The van der Waals surface area contributed by atoms with E-state index in [0.717, 1.165) is 10.0 Å². The standard InChI is InChI=1S/C10H12BrNO3/c1-6(12-13)7-4-9(14-2)10(15-3)5-8(7)11/h4-5,13H,1-3H3/b12-6-. The first-order valence-electron chi connectivity index (χ1n) is 4.24. The van der Waals surface area contributed by atoms with E-state index in [-0.39, 0.29) is 0 Å². The largest absolute Gasteiger partial charge is 0.493 e. The molecule has 82 valence electrons. The molecule has 5 heteroatoms.